The molecule has 9 heteroatoms. The Hall–Kier alpha value is 1.41. The maximum absolute atomic E-state index is 10.3. The number of hydrogen-bond acceptors (Lipinski definition) is 4. The van der Waals surface area contributed by atoms with Crippen molar-refractivity contribution in [2.45, 2.75) is 6.42 Å². The summed E-state index contributed by atoms with van der Waals surface area (Å²) < 4.78 is 3.99. The summed E-state index contributed by atoms with van der Waals surface area (Å²) in [7, 11) is 0. The molecule has 0 fully saturated rings. The minimum absolute atomic E-state index is 0. The van der Waals surface area contributed by atoms with Crippen LogP contribution < -0.4 is 88.7 Å². The minimum Gasteiger partial charge on any atom is -1.00 e. The number of carboxylic acids is 2. The molecule has 0 radical (unpaired) electrons. The number of ether oxygens (including phenoxy) is 1. The normalized spacial score (nSPS) is 6.86. The summed E-state index contributed by atoms with van der Waals surface area (Å²) in [6, 6.07) is 0. The van der Waals surface area contributed by atoms with Crippen LogP contribution in [0.4, 0.5) is 0 Å². The molecule has 2 N–H and O–H groups in total. The van der Waals surface area contributed by atoms with Crippen molar-refractivity contribution >= 4 is 17.9 Å². The van der Waals surface area contributed by atoms with E-state index in [2.05, 4.69) is 4.74 Å². The number of rotatable bonds is 4. The van der Waals surface area contributed by atoms with Crippen LogP contribution >= 0.6 is 0 Å². The zero-order valence-electron chi connectivity index (χ0n) is 11.4. The Labute approximate surface area is 151 Å². The summed E-state index contributed by atoms with van der Waals surface area (Å²) in [5.74, 6) is -3.72. The molecule has 0 unspecified atom stereocenters. The Morgan fingerprint density at radius 1 is 1.00 bits per heavy atom. The smallest absolute Gasteiger partial charge is 1.00 e. The fourth-order valence-electron chi connectivity index (χ4n) is 0.317. The molecule has 0 rings (SSSR count). The number of carbonyl (C=O) groups is 3. The van der Waals surface area contributed by atoms with E-state index in [1.807, 2.05) is 0 Å². The molecule has 68 valence electrons. The van der Waals surface area contributed by atoms with Gasteiger partial charge in [-0.3, -0.25) is 9.59 Å². The standard InChI is InChI=1S/C5H6O6.3Na.3H/c6-3(7)1-5(10)11-2-4(8)9;;;;;;/h1-2H2,(H,6,7)(H,8,9);;;;;;/q;3*+1;3*-1. The summed E-state index contributed by atoms with van der Waals surface area (Å²) >= 11 is 0. The second kappa shape index (κ2) is 14.4. The van der Waals surface area contributed by atoms with Gasteiger partial charge in [0.05, 0.1) is 0 Å². The van der Waals surface area contributed by atoms with E-state index in [9.17, 15) is 14.4 Å². The van der Waals surface area contributed by atoms with E-state index in [-0.39, 0.29) is 93.0 Å². The monoisotopic (exact) mass is 234 g/mol. The number of hydrogen-bond donors (Lipinski definition) is 2. The van der Waals surface area contributed by atoms with Crippen LogP contribution in [0.3, 0.4) is 0 Å². The van der Waals surface area contributed by atoms with Crippen molar-refractivity contribution in [3.63, 3.8) is 0 Å². The quantitative estimate of drug-likeness (QED) is 0.284. The first-order chi connectivity index (χ1) is 5.02. The van der Waals surface area contributed by atoms with Crippen molar-refractivity contribution < 1.29 is 122 Å². The Morgan fingerprint density at radius 3 is 1.71 bits per heavy atom. The third-order valence-electron chi connectivity index (χ3n) is 0.652. The van der Waals surface area contributed by atoms with Crippen LogP contribution in [0, 0.1) is 0 Å². The van der Waals surface area contributed by atoms with Crippen molar-refractivity contribution in [3.05, 3.63) is 0 Å². The largest absolute Gasteiger partial charge is 1.00 e. The zero-order chi connectivity index (χ0) is 8.85. The molecule has 0 saturated heterocycles. The molecule has 0 aromatic carbocycles. The molecule has 0 atom stereocenters. The Morgan fingerprint density at radius 2 is 1.43 bits per heavy atom. The Balaban J connectivity index is -0.0000000333. The third-order valence-corrected chi connectivity index (χ3v) is 0.652. The van der Waals surface area contributed by atoms with Gasteiger partial charge in [0.1, 0.15) is 6.42 Å². The van der Waals surface area contributed by atoms with Gasteiger partial charge in [-0.05, 0) is 0 Å². The third kappa shape index (κ3) is 19.1. The average molecular weight is 234 g/mol. The van der Waals surface area contributed by atoms with Gasteiger partial charge in [-0.25, -0.2) is 4.79 Å². The van der Waals surface area contributed by atoms with E-state index in [0.29, 0.717) is 0 Å². The SMILES string of the molecule is O=C(O)COC(=O)CC(=O)O.[H-].[H-].[H-].[Na+].[Na+].[Na+]. The van der Waals surface area contributed by atoms with Crippen LogP contribution in [-0.4, -0.2) is 34.7 Å². The van der Waals surface area contributed by atoms with Crippen molar-refractivity contribution in [2.24, 2.45) is 0 Å². The van der Waals surface area contributed by atoms with E-state index in [0.717, 1.165) is 0 Å². The van der Waals surface area contributed by atoms with Crippen LogP contribution in [-0.2, 0) is 19.1 Å². The number of carboxylic acid groups (broad SMARTS) is 2. The van der Waals surface area contributed by atoms with Crippen LogP contribution in [0.25, 0.3) is 0 Å². The molecular formula is C5H9Na3O6. The van der Waals surface area contributed by atoms with Gasteiger partial charge in [0.15, 0.2) is 6.61 Å². The van der Waals surface area contributed by atoms with E-state index in [4.69, 9.17) is 10.2 Å². The molecule has 14 heavy (non-hydrogen) atoms. The van der Waals surface area contributed by atoms with E-state index >= 15 is 0 Å². The van der Waals surface area contributed by atoms with Gasteiger partial charge in [0, 0.05) is 0 Å². The summed E-state index contributed by atoms with van der Waals surface area (Å²) in [4.78, 5) is 29.9. The van der Waals surface area contributed by atoms with Gasteiger partial charge < -0.3 is 19.2 Å². The first-order valence-corrected chi connectivity index (χ1v) is 2.61. The van der Waals surface area contributed by atoms with Crippen molar-refractivity contribution in [1.82, 2.24) is 0 Å². The second-order valence-electron chi connectivity index (χ2n) is 1.62. The molecule has 0 heterocycles. The van der Waals surface area contributed by atoms with Crippen LogP contribution in [0.2, 0.25) is 0 Å². The molecule has 6 nitrogen and oxygen atoms in total. The molecule has 0 saturated carbocycles. The molecule has 0 spiro atoms. The predicted molar refractivity (Wildman–Crippen MR) is 34.2 cm³/mol. The van der Waals surface area contributed by atoms with Crippen LogP contribution in [0.15, 0.2) is 0 Å². The van der Waals surface area contributed by atoms with Crippen molar-refractivity contribution in [2.75, 3.05) is 6.61 Å². The molecule has 0 bridgehead atoms. The van der Waals surface area contributed by atoms with E-state index in [1.54, 1.807) is 0 Å². The van der Waals surface area contributed by atoms with Gasteiger partial charge in [0.2, 0.25) is 0 Å². The Kier molecular flexibility index (Phi) is 25.3. The first kappa shape index (κ1) is 24.6. The fraction of sp³-hybridized carbons (Fsp3) is 0.400. The molecule has 0 aromatic heterocycles. The van der Waals surface area contributed by atoms with Crippen LogP contribution in [0.5, 0.6) is 0 Å². The van der Waals surface area contributed by atoms with E-state index in [1.165, 1.54) is 0 Å². The predicted octanol–water partition coefficient (Wildman–Crippen LogP) is -9.56. The summed E-state index contributed by atoms with van der Waals surface area (Å²) in [5.41, 5.74) is 0. The van der Waals surface area contributed by atoms with Gasteiger partial charge >= 0.3 is 107 Å². The van der Waals surface area contributed by atoms with Crippen molar-refractivity contribution in [1.29, 1.82) is 0 Å². The minimum atomic E-state index is -1.35. The van der Waals surface area contributed by atoms with Crippen LogP contribution in [0.1, 0.15) is 10.7 Å². The van der Waals surface area contributed by atoms with E-state index < -0.39 is 30.9 Å². The van der Waals surface area contributed by atoms with Gasteiger partial charge in [-0.1, -0.05) is 0 Å². The Bertz CT molecular complexity index is 205. The fourth-order valence-corrected chi connectivity index (χ4v) is 0.317. The summed E-state index contributed by atoms with van der Waals surface area (Å²) in [6.45, 7) is -0.799. The maximum atomic E-state index is 10.3. The number of esters is 1. The second-order valence-corrected chi connectivity index (χ2v) is 1.62. The molecule has 0 aliphatic rings. The molecule has 0 amide bonds. The van der Waals surface area contributed by atoms with Gasteiger partial charge in [-0.15, -0.1) is 0 Å². The zero-order valence-corrected chi connectivity index (χ0v) is 14.4. The van der Waals surface area contributed by atoms with Crippen molar-refractivity contribution in [3.8, 4) is 0 Å². The van der Waals surface area contributed by atoms with Gasteiger partial charge in [-0.2, -0.15) is 0 Å². The number of carbonyl (C=O) groups excluding carboxylic acids is 1. The average Bonchev–Trinajstić information content (AvgIpc) is 1.82. The first-order valence-electron chi connectivity index (χ1n) is 2.61. The molecular weight excluding hydrogens is 225 g/mol. The van der Waals surface area contributed by atoms with Gasteiger partial charge in [0.25, 0.3) is 0 Å². The topological polar surface area (TPSA) is 101 Å². The number of aliphatic carboxylic acids is 2. The molecule has 0 aliphatic heterocycles. The maximum Gasteiger partial charge on any atom is 1.00 e. The summed E-state index contributed by atoms with van der Waals surface area (Å²) in [6.07, 6.45) is -0.812. The molecule has 0 aromatic rings. The summed E-state index contributed by atoms with van der Waals surface area (Å²) in [5, 5.41) is 16.0. The molecule has 0 aliphatic carbocycles.